The largest absolute Gasteiger partial charge is 0.472 e. The van der Waals surface area contributed by atoms with Crippen molar-refractivity contribution in [2.24, 2.45) is 33.5 Å². The van der Waals surface area contributed by atoms with Gasteiger partial charge in [0, 0.05) is 42.9 Å². The summed E-state index contributed by atoms with van der Waals surface area (Å²) in [6.45, 7) is 7.85. The fraction of sp³-hybridized carbons (Fsp3) is 0.767. The molecule has 1 aromatic rings. The molecule has 6 aliphatic rings. The van der Waals surface area contributed by atoms with Crippen LogP contribution < -0.4 is 0 Å². The number of epoxide rings is 1. The lowest BCUT2D eigenvalue weighted by atomic mass is 9.33. The van der Waals surface area contributed by atoms with Crippen molar-refractivity contribution >= 4 is 17.7 Å². The number of ketones is 1. The summed E-state index contributed by atoms with van der Waals surface area (Å²) in [5.41, 5.74) is -4.93. The molecule has 0 radical (unpaired) electrons. The normalized spacial score (nSPS) is 54.7. The van der Waals surface area contributed by atoms with Crippen LogP contribution in [-0.2, 0) is 33.3 Å². The summed E-state index contributed by atoms with van der Waals surface area (Å²) in [6.07, 6.45) is -2.27. The zero-order valence-electron chi connectivity index (χ0n) is 23.9. The second kappa shape index (κ2) is 8.19. The molecule has 6 fully saturated rings. The molecule has 1 aromatic heterocycles. The minimum atomic E-state index is -1.36. The molecule has 224 valence electrons. The monoisotopic (exact) mass is 574 g/mol. The number of Topliss-reactive ketones (excluding diaryl/α,β-unsaturated/α-hetero) is 1. The van der Waals surface area contributed by atoms with Gasteiger partial charge in [-0.1, -0.05) is 20.8 Å². The molecule has 2 bridgehead atoms. The first-order chi connectivity index (χ1) is 19.2. The molecule has 4 aliphatic carbocycles. The van der Waals surface area contributed by atoms with Crippen molar-refractivity contribution in [3.63, 3.8) is 0 Å². The molecule has 2 saturated heterocycles. The van der Waals surface area contributed by atoms with Crippen molar-refractivity contribution in [1.82, 2.24) is 0 Å². The van der Waals surface area contributed by atoms with E-state index in [1.165, 1.54) is 13.8 Å². The molecule has 3 N–H and O–H groups in total. The molecule has 2 aliphatic heterocycles. The topological polar surface area (TPSA) is 165 Å². The molecule has 14 atom stereocenters. The number of hydrogen-bond acceptors (Lipinski definition) is 11. The number of carbonyl (C=O) groups is 3. The summed E-state index contributed by atoms with van der Waals surface area (Å²) in [5.74, 6) is -3.56. The number of esters is 2. The van der Waals surface area contributed by atoms with Crippen LogP contribution in [0.1, 0.15) is 65.4 Å². The number of carbonyl (C=O) groups excluding carboxylic acids is 3. The minimum Gasteiger partial charge on any atom is -0.472 e. The van der Waals surface area contributed by atoms with Gasteiger partial charge in [0.2, 0.25) is 0 Å². The third-order valence-corrected chi connectivity index (χ3v) is 12.6. The van der Waals surface area contributed by atoms with Gasteiger partial charge in [0.25, 0.3) is 0 Å². The number of aliphatic hydroxyl groups excluding tert-OH is 3. The third kappa shape index (κ3) is 2.85. The molecule has 41 heavy (non-hydrogen) atoms. The minimum absolute atomic E-state index is 0.0205. The average Bonchev–Trinajstić information content (AvgIpc) is 3.26. The van der Waals surface area contributed by atoms with Gasteiger partial charge < -0.3 is 38.7 Å². The molecule has 7 rings (SSSR count). The first-order valence-electron chi connectivity index (χ1n) is 14.5. The summed E-state index contributed by atoms with van der Waals surface area (Å²) in [4.78, 5) is 39.7. The first kappa shape index (κ1) is 27.5. The van der Waals surface area contributed by atoms with Crippen molar-refractivity contribution in [1.29, 1.82) is 0 Å². The van der Waals surface area contributed by atoms with Crippen molar-refractivity contribution in [2.45, 2.75) is 102 Å². The second-order valence-corrected chi connectivity index (χ2v) is 13.9. The molecule has 4 saturated carbocycles. The fourth-order valence-corrected chi connectivity index (χ4v) is 11.0. The molecule has 0 aromatic carbocycles. The van der Waals surface area contributed by atoms with Gasteiger partial charge in [0.15, 0.2) is 18.2 Å². The highest BCUT2D eigenvalue weighted by Crippen LogP contribution is 2.82. The predicted molar refractivity (Wildman–Crippen MR) is 137 cm³/mol. The van der Waals surface area contributed by atoms with E-state index in [1.807, 2.05) is 19.9 Å². The van der Waals surface area contributed by atoms with Gasteiger partial charge in [-0.2, -0.15) is 0 Å². The quantitative estimate of drug-likeness (QED) is 0.354. The maximum absolute atomic E-state index is 15.0. The summed E-state index contributed by atoms with van der Waals surface area (Å²) in [5, 5.41) is 35.4. The summed E-state index contributed by atoms with van der Waals surface area (Å²) in [6, 6.07) is 1.84. The van der Waals surface area contributed by atoms with Crippen LogP contribution >= 0.6 is 0 Å². The maximum atomic E-state index is 15.0. The van der Waals surface area contributed by atoms with Crippen LogP contribution in [0.15, 0.2) is 23.0 Å². The van der Waals surface area contributed by atoms with E-state index in [0.717, 1.165) is 5.56 Å². The van der Waals surface area contributed by atoms with Gasteiger partial charge in [-0.3, -0.25) is 14.4 Å². The molecular formula is C30H38O11. The van der Waals surface area contributed by atoms with Crippen LogP contribution in [-0.4, -0.2) is 82.1 Å². The lowest BCUT2D eigenvalue weighted by Gasteiger charge is -2.73. The Morgan fingerprint density at radius 2 is 1.68 bits per heavy atom. The van der Waals surface area contributed by atoms with E-state index >= 15 is 4.79 Å². The smallest absolute Gasteiger partial charge is 0.303 e. The van der Waals surface area contributed by atoms with E-state index < -0.39 is 87.5 Å². The highest BCUT2D eigenvalue weighted by molar-refractivity contribution is 5.93. The third-order valence-electron chi connectivity index (χ3n) is 12.6. The van der Waals surface area contributed by atoms with E-state index in [1.54, 1.807) is 19.5 Å². The zero-order chi connectivity index (χ0) is 29.5. The van der Waals surface area contributed by atoms with Crippen LogP contribution in [0.2, 0.25) is 0 Å². The Labute approximate surface area is 237 Å². The Hall–Kier alpha value is -2.31. The SMILES string of the molecule is CC(=O)O[C@@H]1C[C@H](O)[C@@]23CO[C@H](O)[C@]1(C)[C@H]2C[C@H](O)[C@]1(C)[C@@H]3C(=O)[C@H](OC(C)=O)[C@@]2(C)[C@H](c3ccoc3)C[C@H]3O[C@@]312. The van der Waals surface area contributed by atoms with Gasteiger partial charge in [-0.15, -0.1) is 0 Å². The first-order valence-corrected chi connectivity index (χ1v) is 14.5. The van der Waals surface area contributed by atoms with Crippen molar-refractivity contribution in [2.75, 3.05) is 6.61 Å². The Bertz CT molecular complexity index is 1310. The lowest BCUT2D eigenvalue weighted by molar-refractivity contribution is -0.373. The summed E-state index contributed by atoms with van der Waals surface area (Å²) < 4.78 is 29.5. The van der Waals surface area contributed by atoms with Crippen LogP contribution in [0.4, 0.5) is 0 Å². The van der Waals surface area contributed by atoms with Gasteiger partial charge >= 0.3 is 11.9 Å². The number of hydrogen-bond donors (Lipinski definition) is 3. The fourth-order valence-electron chi connectivity index (χ4n) is 11.0. The van der Waals surface area contributed by atoms with Crippen molar-refractivity contribution < 1.29 is 53.1 Å². The molecule has 0 unspecified atom stereocenters. The Morgan fingerprint density at radius 1 is 0.976 bits per heavy atom. The Kier molecular flexibility index (Phi) is 5.50. The van der Waals surface area contributed by atoms with Gasteiger partial charge in [0.05, 0.1) is 48.3 Å². The van der Waals surface area contributed by atoms with Crippen LogP contribution in [0.5, 0.6) is 0 Å². The summed E-state index contributed by atoms with van der Waals surface area (Å²) in [7, 11) is 0. The van der Waals surface area contributed by atoms with E-state index in [2.05, 4.69) is 0 Å². The van der Waals surface area contributed by atoms with Crippen molar-refractivity contribution in [3.8, 4) is 0 Å². The van der Waals surface area contributed by atoms with E-state index in [-0.39, 0.29) is 31.5 Å². The molecule has 11 heteroatoms. The number of ether oxygens (including phenoxy) is 4. The van der Waals surface area contributed by atoms with E-state index in [9.17, 15) is 24.9 Å². The highest BCUT2D eigenvalue weighted by atomic mass is 16.6. The van der Waals surface area contributed by atoms with Crippen LogP contribution in [0.25, 0.3) is 0 Å². The van der Waals surface area contributed by atoms with Crippen LogP contribution in [0.3, 0.4) is 0 Å². The van der Waals surface area contributed by atoms with Gasteiger partial charge in [-0.05, 0) is 30.4 Å². The number of furan rings is 1. The standard InChI is InChI=1S/C30H38O11/c1-13(31)39-20-10-19(34)29-12-38-25(36)26(20,3)17(29)9-18(33)28(5)23(29)22(35)24(40-14(2)32)27(4)16(15-6-7-37-11-15)8-21-30(27,28)41-21/h6-7,11,16-21,23-25,33-34,36H,8-10,12H2,1-5H3/t16-,17+,18-,19-,20+,21+,23-,24-,25-,26+,27+,28+,29+,30+/m0/s1. The molecule has 3 heterocycles. The predicted octanol–water partition coefficient (Wildman–Crippen LogP) is 1.47. The zero-order valence-corrected chi connectivity index (χ0v) is 23.9. The van der Waals surface area contributed by atoms with Gasteiger partial charge in [-0.25, -0.2) is 0 Å². The lowest BCUT2D eigenvalue weighted by Crippen LogP contribution is -2.82. The average molecular weight is 575 g/mol. The van der Waals surface area contributed by atoms with E-state index in [4.69, 9.17) is 23.4 Å². The van der Waals surface area contributed by atoms with Crippen LogP contribution in [0, 0.1) is 33.5 Å². The van der Waals surface area contributed by atoms with E-state index in [0.29, 0.717) is 6.42 Å². The maximum Gasteiger partial charge on any atom is 0.303 e. The number of fused-ring (bicyclic) bond motifs is 1. The molecule has 1 spiro atoms. The summed E-state index contributed by atoms with van der Waals surface area (Å²) >= 11 is 0. The molecule has 0 amide bonds. The Balaban J connectivity index is 1.44. The number of rotatable bonds is 3. The number of aliphatic hydroxyl groups is 3. The molecule has 11 nitrogen and oxygen atoms in total. The Morgan fingerprint density at radius 3 is 2.32 bits per heavy atom. The second-order valence-electron chi connectivity index (χ2n) is 13.9. The van der Waals surface area contributed by atoms with Crippen molar-refractivity contribution in [3.05, 3.63) is 24.2 Å². The highest BCUT2D eigenvalue weighted by Gasteiger charge is 2.92. The molecular weight excluding hydrogens is 536 g/mol. The van der Waals surface area contributed by atoms with Gasteiger partial charge in [0.1, 0.15) is 11.7 Å².